The van der Waals surface area contributed by atoms with E-state index in [0.717, 1.165) is 0 Å². The average Bonchev–Trinajstić information content (AvgIpc) is 3.62. The number of H-pyrrole nitrogens is 4. The molecule has 182 valence electrons. The largest absolute Gasteiger partial charge is 1.00 e. The van der Waals surface area contributed by atoms with Crippen molar-refractivity contribution in [2.45, 2.75) is 0 Å². The van der Waals surface area contributed by atoms with E-state index < -0.39 is 6.09 Å². The molecule has 0 radical (unpaired) electrons. The van der Waals surface area contributed by atoms with Gasteiger partial charge in [-0.2, -0.15) is 0 Å². The maximum absolute atomic E-state index is 11.2. The number of ketones is 2. The van der Waals surface area contributed by atoms with Gasteiger partial charge in [0.25, 0.3) is 5.56 Å². The second kappa shape index (κ2) is 16.6. The Morgan fingerprint density at radius 2 is 1.57 bits per heavy atom. The van der Waals surface area contributed by atoms with E-state index in [1.165, 1.54) is 17.7 Å². The summed E-state index contributed by atoms with van der Waals surface area (Å²) >= 11 is 0. The van der Waals surface area contributed by atoms with Crippen LogP contribution >= 0.6 is 0 Å². The molecule has 0 saturated carbocycles. The van der Waals surface area contributed by atoms with Crippen LogP contribution in [0.5, 0.6) is 0 Å². The molecule has 0 aliphatic rings. The number of Topliss-reactive ketones (excluding diaryl/α,β-unsaturated/α-hetero) is 2. The number of aromatic amines is 4. The minimum atomic E-state index is -0.611. The third kappa shape index (κ3) is 9.99. The van der Waals surface area contributed by atoms with Crippen molar-refractivity contribution in [1.29, 1.82) is 0 Å². The predicted octanol–water partition coefficient (Wildman–Crippen LogP) is -3.15. The van der Waals surface area contributed by atoms with Gasteiger partial charge in [0.1, 0.15) is 5.52 Å². The van der Waals surface area contributed by atoms with Gasteiger partial charge < -0.3 is 31.2 Å². The molecule has 4 aromatic heterocycles. The molecule has 0 unspecified atom stereocenters. The fourth-order valence-corrected chi connectivity index (χ4v) is 2.41. The number of amides is 1. The van der Waals surface area contributed by atoms with Gasteiger partial charge >= 0.3 is 63.2 Å². The molecule has 0 spiro atoms. The molecular weight excluding hydrogens is 489 g/mol. The van der Waals surface area contributed by atoms with Gasteiger partial charge in [0.2, 0.25) is 0 Å². The van der Waals surface area contributed by atoms with E-state index in [1.807, 2.05) is 0 Å². The Labute approximate surface area is 240 Å². The van der Waals surface area contributed by atoms with Crippen LogP contribution in [0.1, 0.15) is 21.0 Å². The van der Waals surface area contributed by atoms with Crippen LogP contribution in [0.4, 0.5) is 4.79 Å². The van der Waals surface area contributed by atoms with E-state index in [-0.39, 0.29) is 92.8 Å². The number of hydrogen-bond acceptors (Lipinski definition) is 8. The number of nitrogens with zero attached hydrogens (tertiary/aromatic N) is 1. The summed E-state index contributed by atoms with van der Waals surface area (Å²) in [5, 5.41) is 6.70. The number of nitrogens with one attached hydrogen (secondary N) is 5. The molecule has 15 heteroatoms. The van der Waals surface area contributed by atoms with Crippen molar-refractivity contribution >= 4 is 23.2 Å². The standard InChI is InChI=1S/C8H10N2O3.C6H5N3O2.C6H8N2O.K.H2O/c1-13-8(12)10-5-7(11)6-3-2-4-9-6;10-5-4-2-1-3-9(4)6(11)8-7-5;7-4-6(9)5-2-1-3-8-5;;/h2-4,9H,5H2,1H3,(H,10,12);1-3H,(H,7,10)(H,8,11);1-3,8H,4,7H2;;1H2/q;;;+1;/p-1. The van der Waals surface area contributed by atoms with Crippen LogP contribution < -0.4 is 73.7 Å². The summed E-state index contributed by atoms with van der Waals surface area (Å²) in [5.74, 6) is -0.240. The van der Waals surface area contributed by atoms with Crippen molar-refractivity contribution in [3.8, 4) is 0 Å². The molecule has 35 heavy (non-hydrogen) atoms. The molecule has 8 N–H and O–H groups in total. The molecule has 0 atom stereocenters. The number of aromatic nitrogens is 5. The minimum absolute atomic E-state index is 0. The molecule has 4 heterocycles. The number of methoxy groups -OCH3 is 1. The fourth-order valence-electron chi connectivity index (χ4n) is 2.41. The van der Waals surface area contributed by atoms with Crippen LogP contribution in [-0.4, -0.2) is 67.9 Å². The number of hydrogen-bond donors (Lipinski definition) is 6. The Bertz CT molecular complexity index is 1250. The van der Waals surface area contributed by atoms with Crippen molar-refractivity contribution in [3.63, 3.8) is 0 Å². The van der Waals surface area contributed by atoms with Gasteiger partial charge in [0.15, 0.2) is 11.6 Å². The number of carbonyl (C=O) groups excluding carboxylic acids is 3. The maximum atomic E-state index is 11.2. The van der Waals surface area contributed by atoms with E-state index in [1.54, 1.807) is 48.8 Å². The maximum Gasteiger partial charge on any atom is 1.00 e. The Morgan fingerprint density at radius 3 is 2.06 bits per heavy atom. The number of ether oxygens (including phenoxy) is 1. The molecule has 0 bridgehead atoms. The average molecular weight is 514 g/mol. The molecule has 0 fully saturated rings. The van der Waals surface area contributed by atoms with Gasteiger partial charge in [-0.1, -0.05) is 0 Å². The number of nitrogens with two attached hydrogens (primary N) is 1. The van der Waals surface area contributed by atoms with Gasteiger partial charge in [0.05, 0.1) is 31.6 Å². The first-order chi connectivity index (χ1) is 15.9. The predicted molar refractivity (Wildman–Crippen MR) is 120 cm³/mol. The number of rotatable bonds is 5. The Hall–Kier alpha value is -3.05. The fraction of sp³-hybridized carbons (Fsp3) is 0.150. The Morgan fingerprint density at radius 1 is 0.971 bits per heavy atom. The number of alkyl carbamates (subject to hydrolysis) is 1. The second-order valence-corrected chi connectivity index (χ2v) is 6.21. The van der Waals surface area contributed by atoms with E-state index in [4.69, 9.17) is 5.73 Å². The molecule has 14 nitrogen and oxygen atoms in total. The summed E-state index contributed by atoms with van der Waals surface area (Å²) in [6.07, 6.45) is 4.26. The van der Waals surface area contributed by atoms with Crippen molar-refractivity contribution in [3.05, 3.63) is 87.2 Å². The van der Waals surface area contributed by atoms with Crippen molar-refractivity contribution in [2.75, 3.05) is 20.2 Å². The van der Waals surface area contributed by atoms with Crippen LogP contribution in [-0.2, 0) is 4.74 Å². The van der Waals surface area contributed by atoms with Gasteiger partial charge in [-0.15, -0.1) is 0 Å². The molecule has 4 rings (SSSR count). The zero-order chi connectivity index (χ0) is 24.2. The Balaban J connectivity index is 0.000000489. The molecule has 0 aliphatic carbocycles. The zero-order valence-electron chi connectivity index (χ0n) is 19.0. The summed E-state index contributed by atoms with van der Waals surface area (Å²) < 4.78 is 5.55. The molecule has 4 aromatic rings. The number of fused-ring (bicyclic) bond motifs is 1. The minimum Gasteiger partial charge on any atom is -0.870 e. The van der Waals surface area contributed by atoms with E-state index >= 15 is 0 Å². The van der Waals surface area contributed by atoms with Crippen molar-refractivity contribution in [1.82, 2.24) is 29.9 Å². The quantitative estimate of drug-likeness (QED) is 0.118. The summed E-state index contributed by atoms with van der Waals surface area (Å²) in [6.45, 7) is 0.00764. The van der Waals surface area contributed by atoms with E-state index in [0.29, 0.717) is 16.9 Å². The first kappa shape index (κ1) is 31.9. The Kier molecular flexibility index (Phi) is 15.1. The van der Waals surface area contributed by atoms with E-state index in [9.17, 15) is 24.0 Å². The van der Waals surface area contributed by atoms with E-state index in [2.05, 4.69) is 30.2 Å². The first-order valence-electron chi connectivity index (χ1n) is 9.50. The summed E-state index contributed by atoms with van der Waals surface area (Å²) in [7, 11) is 1.24. The van der Waals surface area contributed by atoms with Crippen LogP contribution in [0.25, 0.3) is 5.52 Å². The van der Waals surface area contributed by atoms with Crippen molar-refractivity contribution in [2.24, 2.45) is 5.73 Å². The van der Waals surface area contributed by atoms with Gasteiger partial charge in [0, 0.05) is 18.6 Å². The SMILES string of the molecule is COC(=O)NCC(=O)c1ccc[nH]1.NCC(=O)c1ccc[nH]1.O=c1[nH][nH]c(=O)n2cccc12.[K+].[OH-]. The molecule has 1 amide bonds. The third-order valence-corrected chi connectivity index (χ3v) is 4.04. The van der Waals surface area contributed by atoms with Crippen LogP contribution in [0, 0.1) is 0 Å². The normalized spacial score (nSPS) is 9.20. The topological polar surface area (TPSA) is 230 Å². The monoisotopic (exact) mass is 513 g/mol. The summed E-state index contributed by atoms with van der Waals surface area (Å²) in [5.41, 5.74) is 5.86. The number of carbonyl (C=O) groups is 3. The van der Waals surface area contributed by atoms with Crippen LogP contribution in [0.3, 0.4) is 0 Å². The zero-order valence-corrected chi connectivity index (χ0v) is 22.2. The summed E-state index contributed by atoms with van der Waals surface area (Å²) in [6, 6.07) is 10.0. The molecule has 0 aliphatic heterocycles. The third-order valence-electron chi connectivity index (χ3n) is 4.04. The van der Waals surface area contributed by atoms with Gasteiger partial charge in [-0.05, 0) is 36.4 Å². The second-order valence-electron chi connectivity index (χ2n) is 6.21. The van der Waals surface area contributed by atoms with Crippen molar-refractivity contribution < 1.29 is 76.0 Å². The van der Waals surface area contributed by atoms with Gasteiger partial charge in [-0.25, -0.2) is 14.7 Å². The van der Waals surface area contributed by atoms with Crippen LogP contribution in [0.15, 0.2) is 64.6 Å². The molecule has 0 saturated heterocycles. The molecular formula is C20H24KN7O7. The van der Waals surface area contributed by atoms with Crippen LogP contribution in [0.2, 0.25) is 0 Å². The smallest absolute Gasteiger partial charge is 0.870 e. The molecule has 0 aromatic carbocycles. The summed E-state index contributed by atoms with van der Waals surface area (Å²) in [4.78, 5) is 59.9. The first-order valence-corrected chi connectivity index (χ1v) is 9.50. The van der Waals surface area contributed by atoms with Gasteiger partial charge in [-0.3, -0.25) is 23.9 Å².